The maximum atomic E-state index is 13.0. The van der Waals surface area contributed by atoms with Crippen LogP contribution in [0, 0.1) is 0 Å². The minimum absolute atomic E-state index is 0.0477. The van der Waals surface area contributed by atoms with Gasteiger partial charge in [0.1, 0.15) is 5.75 Å². The Morgan fingerprint density at radius 1 is 1.25 bits per heavy atom. The Labute approximate surface area is 163 Å². The van der Waals surface area contributed by atoms with Gasteiger partial charge in [0.15, 0.2) is 0 Å². The molecule has 1 atom stereocenters. The lowest BCUT2D eigenvalue weighted by Crippen LogP contribution is -2.31. The topological polar surface area (TPSA) is 99.2 Å². The molecule has 2 N–H and O–H groups in total. The zero-order valence-corrected chi connectivity index (χ0v) is 15.9. The SMILES string of the molecule is COc1ccc(-c2cnc(N)nc2[C@H]2CCCN2C(=O)c2cnn(C)c2)cc1. The zero-order chi connectivity index (χ0) is 19.7. The number of hydrogen-bond acceptors (Lipinski definition) is 6. The average Bonchev–Trinajstić information content (AvgIpc) is 3.37. The summed E-state index contributed by atoms with van der Waals surface area (Å²) in [6.07, 6.45) is 6.78. The number of carbonyl (C=O) groups is 1. The third kappa shape index (κ3) is 3.28. The summed E-state index contributed by atoms with van der Waals surface area (Å²) in [6, 6.07) is 7.54. The van der Waals surface area contributed by atoms with E-state index in [1.807, 2.05) is 29.2 Å². The molecule has 0 radical (unpaired) electrons. The number of aromatic nitrogens is 4. The van der Waals surface area contributed by atoms with E-state index in [4.69, 9.17) is 10.5 Å². The van der Waals surface area contributed by atoms with Gasteiger partial charge in [-0.2, -0.15) is 5.10 Å². The predicted molar refractivity (Wildman–Crippen MR) is 105 cm³/mol. The number of nitrogens with two attached hydrogens (primary N) is 1. The fourth-order valence-electron chi connectivity index (χ4n) is 3.65. The smallest absolute Gasteiger partial charge is 0.257 e. The van der Waals surface area contributed by atoms with E-state index < -0.39 is 0 Å². The Hall–Kier alpha value is -3.42. The first kappa shape index (κ1) is 18.0. The molecule has 8 heteroatoms. The van der Waals surface area contributed by atoms with Crippen molar-refractivity contribution in [1.82, 2.24) is 24.6 Å². The van der Waals surface area contributed by atoms with Crippen LogP contribution in [-0.2, 0) is 7.05 Å². The molecular formula is C20H22N6O2. The van der Waals surface area contributed by atoms with Crippen LogP contribution in [0.25, 0.3) is 11.1 Å². The van der Waals surface area contributed by atoms with Gasteiger partial charge in [0, 0.05) is 31.5 Å². The van der Waals surface area contributed by atoms with Crippen molar-refractivity contribution in [2.24, 2.45) is 7.05 Å². The second-order valence-electron chi connectivity index (χ2n) is 6.81. The maximum Gasteiger partial charge on any atom is 0.257 e. The highest BCUT2D eigenvalue weighted by Crippen LogP contribution is 2.37. The van der Waals surface area contributed by atoms with Crippen LogP contribution in [0.2, 0.25) is 0 Å². The summed E-state index contributed by atoms with van der Waals surface area (Å²) in [5.41, 5.74) is 9.06. The molecule has 0 bridgehead atoms. The molecule has 1 aromatic carbocycles. The second-order valence-corrected chi connectivity index (χ2v) is 6.81. The lowest BCUT2D eigenvalue weighted by atomic mass is 9.99. The van der Waals surface area contributed by atoms with Crippen molar-refractivity contribution in [3.8, 4) is 16.9 Å². The minimum atomic E-state index is -0.157. The normalized spacial score (nSPS) is 16.4. The number of benzene rings is 1. The number of rotatable bonds is 4. The van der Waals surface area contributed by atoms with E-state index in [-0.39, 0.29) is 17.9 Å². The van der Waals surface area contributed by atoms with E-state index in [0.29, 0.717) is 12.1 Å². The van der Waals surface area contributed by atoms with Crippen LogP contribution in [0.5, 0.6) is 5.75 Å². The first-order valence-corrected chi connectivity index (χ1v) is 9.13. The van der Waals surface area contributed by atoms with Gasteiger partial charge in [-0.15, -0.1) is 0 Å². The number of amides is 1. The van der Waals surface area contributed by atoms with Crippen LogP contribution >= 0.6 is 0 Å². The van der Waals surface area contributed by atoms with Gasteiger partial charge < -0.3 is 15.4 Å². The number of ether oxygens (including phenoxy) is 1. The van der Waals surface area contributed by atoms with Gasteiger partial charge >= 0.3 is 0 Å². The molecule has 4 rings (SSSR count). The Morgan fingerprint density at radius 3 is 2.71 bits per heavy atom. The molecule has 8 nitrogen and oxygen atoms in total. The van der Waals surface area contributed by atoms with Crippen LogP contribution in [-0.4, -0.2) is 44.2 Å². The van der Waals surface area contributed by atoms with Crippen molar-refractivity contribution >= 4 is 11.9 Å². The van der Waals surface area contributed by atoms with E-state index in [1.54, 1.807) is 37.4 Å². The highest BCUT2D eigenvalue weighted by molar-refractivity contribution is 5.94. The second kappa shape index (κ2) is 7.30. The molecule has 3 heterocycles. The van der Waals surface area contributed by atoms with Crippen molar-refractivity contribution in [2.75, 3.05) is 19.4 Å². The van der Waals surface area contributed by atoms with Crippen LogP contribution in [0.4, 0.5) is 5.95 Å². The van der Waals surface area contributed by atoms with Crippen LogP contribution in [0.15, 0.2) is 42.9 Å². The third-order valence-corrected chi connectivity index (χ3v) is 5.02. The monoisotopic (exact) mass is 378 g/mol. The van der Waals surface area contributed by atoms with E-state index in [2.05, 4.69) is 15.1 Å². The van der Waals surface area contributed by atoms with E-state index >= 15 is 0 Å². The van der Waals surface area contributed by atoms with Crippen LogP contribution in [0.3, 0.4) is 0 Å². The molecule has 2 aromatic heterocycles. The number of nitrogens with zero attached hydrogens (tertiary/aromatic N) is 5. The quantitative estimate of drug-likeness (QED) is 0.749. The molecule has 0 saturated carbocycles. The van der Waals surface area contributed by atoms with Crippen molar-refractivity contribution in [3.63, 3.8) is 0 Å². The summed E-state index contributed by atoms with van der Waals surface area (Å²) < 4.78 is 6.87. The average molecular weight is 378 g/mol. The van der Waals surface area contributed by atoms with Crippen molar-refractivity contribution in [1.29, 1.82) is 0 Å². The van der Waals surface area contributed by atoms with Crippen LogP contribution < -0.4 is 10.5 Å². The van der Waals surface area contributed by atoms with E-state index in [9.17, 15) is 4.79 Å². The molecule has 1 amide bonds. The van der Waals surface area contributed by atoms with Gasteiger partial charge in [-0.25, -0.2) is 9.97 Å². The molecule has 1 aliphatic heterocycles. The highest BCUT2D eigenvalue weighted by Gasteiger charge is 2.34. The summed E-state index contributed by atoms with van der Waals surface area (Å²) in [6.45, 7) is 0.671. The van der Waals surface area contributed by atoms with Gasteiger partial charge in [0.25, 0.3) is 5.91 Å². The summed E-state index contributed by atoms with van der Waals surface area (Å²) in [5, 5.41) is 4.11. The van der Waals surface area contributed by atoms with E-state index in [0.717, 1.165) is 35.4 Å². The van der Waals surface area contributed by atoms with Gasteiger partial charge in [-0.05, 0) is 30.5 Å². The number of hydrogen-bond donors (Lipinski definition) is 1. The first-order chi connectivity index (χ1) is 13.6. The maximum absolute atomic E-state index is 13.0. The Morgan fingerprint density at radius 2 is 2.04 bits per heavy atom. The number of aryl methyl sites for hydroxylation is 1. The fourth-order valence-corrected chi connectivity index (χ4v) is 3.65. The Kier molecular flexibility index (Phi) is 4.68. The fraction of sp³-hybridized carbons (Fsp3) is 0.300. The molecule has 28 heavy (non-hydrogen) atoms. The minimum Gasteiger partial charge on any atom is -0.497 e. The molecule has 1 fully saturated rings. The zero-order valence-electron chi connectivity index (χ0n) is 15.9. The molecule has 1 aliphatic rings. The van der Waals surface area contributed by atoms with Crippen molar-refractivity contribution < 1.29 is 9.53 Å². The Bertz CT molecular complexity index is 998. The van der Waals surface area contributed by atoms with Crippen molar-refractivity contribution in [2.45, 2.75) is 18.9 Å². The summed E-state index contributed by atoms with van der Waals surface area (Å²) in [4.78, 5) is 23.6. The summed E-state index contributed by atoms with van der Waals surface area (Å²) in [5.74, 6) is 0.928. The highest BCUT2D eigenvalue weighted by atomic mass is 16.5. The summed E-state index contributed by atoms with van der Waals surface area (Å²) >= 11 is 0. The van der Waals surface area contributed by atoms with Crippen LogP contribution in [0.1, 0.15) is 34.9 Å². The van der Waals surface area contributed by atoms with Gasteiger partial charge in [-0.1, -0.05) is 12.1 Å². The molecule has 144 valence electrons. The standard InChI is InChI=1S/C20H22N6O2/c1-25-12-14(10-23-25)19(27)26-9-3-4-17(26)18-16(11-22-20(21)24-18)13-5-7-15(28-2)8-6-13/h5-8,10-12,17H,3-4,9H2,1-2H3,(H2,21,22,24)/t17-/m1/s1. The van der Waals surface area contributed by atoms with Gasteiger partial charge in [0.2, 0.25) is 5.95 Å². The van der Waals surface area contributed by atoms with Gasteiger partial charge in [-0.3, -0.25) is 9.48 Å². The van der Waals surface area contributed by atoms with E-state index in [1.165, 1.54) is 0 Å². The lowest BCUT2D eigenvalue weighted by molar-refractivity contribution is 0.0733. The molecule has 3 aromatic rings. The largest absolute Gasteiger partial charge is 0.497 e. The van der Waals surface area contributed by atoms with Crippen molar-refractivity contribution in [3.05, 3.63) is 54.1 Å². The number of likely N-dealkylation sites (tertiary alicyclic amines) is 1. The number of methoxy groups -OCH3 is 1. The van der Waals surface area contributed by atoms with Gasteiger partial charge in [0.05, 0.1) is 30.6 Å². The molecule has 0 unspecified atom stereocenters. The lowest BCUT2D eigenvalue weighted by Gasteiger charge is -2.25. The summed E-state index contributed by atoms with van der Waals surface area (Å²) in [7, 11) is 3.43. The Balaban J connectivity index is 1.72. The third-order valence-electron chi connectivity index (χ3n) is 5.02. The number of nitrogen functional groups attached to an aromatic ring is 1. The molecule has 1 saturated heterocycles. The predicted octanol–water partition coefficient (Wildman–Crippen LogP) is 2.45. The number of anilines is 1. The molecule has 0 spiro atoms. The molecular weight excluding hydrogens is 356 g/mol. The first-order valence-electron chi connectivity index (χ1n) is 9.13. The molecule has 0 aliphatic carbocycles. The number of carbonyl (C=O) groups excluding carboxylic acids is 1.